The molecule has 3 nitrogen and oxygen atoms in total. The zero-order valence-corrected chi connectivity index (χ0v) is 11.9. The van der Waals surface area contributed by atoms with E-state index in [0.717, 1.165) is 16.5 Å². The number of fused-ring (bicyclic) bond motifs is 1. The highest BCUT2D eigenvalue weighted by atomic mass is 35.5. The molecule has 4 heteroatoms. The van der Waals surface area contributed by atoms with Gasteiger partial charge in [0.25, 0.3) is 0 Å². The zero-order valence-electron chi connectivity index (χ0n) is 11.1. The smallest absolute Gasteiger partial charge is 0.338 e. The number of carbonyl (C=O) groups excluding carboxylic acids is 1. The molecule has 0 unspecified atom stereocenters. The van der Waals surface area contributed by atoms with Crippen molar-refractivity contribution in [1.29, 1.82) is 0 Å². The SMILES string of the molecule is O=C(OCc1ccccc1)c1ccc2nc(Cl)ccc2c1. The molecule has 0 saturated carbocycles. The zero-order chi connectivity index (χ0) is 14.7. The Morgan fingerprint density at radius 2 is 1.86 bits per heavy atom. The molecule has 3 aromatic rings. The third-order valence-corrected chi connectivity index (χ3v) is 3.31. The molecule has 0 aliphatic carbocycles. The quantitative estimate of drug-likeness (QED) is 0.536. The van der Waals surface area contributed by atoms with Crippen LogP contribution in [0.1, 0.15) is 15.9 Å². The van der Waals surface area contributed by atoms with E-state index in [0.29, 0.717) is 10.7 Å². The van der Waals surface area contributed by atoms with E-state index in [4.69, 9.17) is 16.3 Å². The minimum Gasteiger partial charge on any atom is -0.457 e. The number of hydrogen-bond donors (Lipinski definition) is 0. The molecule has 0 N–H and O–H groups in total. The average Bonchev–Trinajstić information content (AvgIpc) is 2.53. The third-order valence-electron chi connectivity index (χ3n) is 3.10. The van der Waals surface area contributed by atoms with Gasteiger partial charge in [-0.1, -0.05) is 41.9 Å². The molecular formula is C17H12ClNO2. The molecule has 1 aromatic heterocycles. The van der Waals surface area contributed by atoms with Gasteiger partial charge >= 0.3 is 5.97 Å². The number of hydrogen-bond acceptors (Lipinski definition) is 3. The van der Waals surface area contributed by atoms with Gasteiger partial charge in [-0.2, -0.15) is 0 Å². The molecule has 0 radical (unpaired) electrons. The van der Waals surface area contributed by atoms with Crippen molar-refractivity contribution in [2.24, 2.45) is 0 Å². The second-order valence-corrected chi connectivity index (χ2v) is 4.99. The number of pyridine rings is 1. The standard InChI is InChI=1S/C17H12ClNO2/c18-16-9-7-13-10-14(6-8-15(13)19-16)17(20)21-11-12-4-2-1-3-5-12/h1-10H,11H2. The Balaban J connectivity index is 1.77. The molecule has 3 rings (SSSR count). The molecule has 104 valence electrons. The van der Waals surface area contributed by atoms with Crippen molar-refractivity contribution in [1.82, 2.24) is 4.98 Å². The third kappa shape index (κ3) is 3.20. The molecular weight excluding hydrogens is 286 g/mol. The summed E-state index contributed by atoms with van der Waals surface area (Å²) in [6, 6.07) is 18.3. The second-order valence-electron chi connectivity index (χ2n) is 4.60. The van der Waals surface area contributed by atoms with E-state index in [1.807, 2.05) is 36.4 Å². The highest BCUT2D eigenvalue weighted by Crippen LogP contribution is 2.18. The monoisotopic (exact) mass is 297 g/mol. The van der Waals surface area contributed by atoms with Gasteiger partial charge in [-0.3, -0.25) is 0 Å². The maximum absolute atomic E-state index is 12.1. The van der Waals surface area contributed by atoms with Crippen LogP contribution in [0.3, 0.4) is 0 Å². The fraction of sp³-hybridized carbons (Fsp3) is 0.0588. The van der Waals surface area contributed by atoms with Crippen molar-refractivity contribution in [3.8, 4) is 0 Å². The number of carbonyl (C=O) groups is 1. The van der Waals surface area contributed by atoms with E-state index in [1.165, 1.54) is 0 Å². The van der Waals surface area contributed by atoms with Crippen LogP contribution >= 0.6 is 11.6 Å². The first kappa shape index (κ1) is 13.6. The topological polar surface area (TPSA) is 39.2 Å². The van der Waals surface area contributed by atoms with Crippen LogP contribution in [0.4, 0.5) is 0 Å². The van der Waals surface area contributed by atoms with Crippen molar-refractivity contribution in [3.05, 3.63) is 76.9 Å². The van der Waals surface area contributed by atoms with Gasteiger partial charge in [-0.05, 0) is 35.9 Å². The van der Waals surface area contributed by atoms with Crippen LogP contribution in [0.2, 0.25) is 5.15 Å². The van der Waals surface area contributed by atoms with Crippen molar-refractivity contribution >= 4 is 28.5 Å². The summed E-state index contributed by atoms with van der Waals surface area (Å²) in [4.78, 5) is 16.2. The van der Waals surface area contributed by atoms with E-state index < -0.39 is 0 Å². The average molecular weight is 298 g/mol. The number of esters is 1. The van der Waals surface area contributed by atoms with Gasteiger partial charge in [0, 0.05) is 5.39 Å². The van der Waals surface area contributed by atoms with Crippen LogP contribution in [-0.4, -0.2) is 11.0 Å². The predicted molar refractivity (Wildman–Crippen MR) is 82.3 cm³/mol. The molecule has 21 heavy (non-hydrogen) atoms. The Kier molecular flexibility index (Phi) is 3.84. The highest BCUT2D eigenvalue weighted by molar-refractivity contribution is 6.29. The van der Waals surface area contributed by atoms with E-state index in [9.17, 15) is 4.79 Å². The number of benzene rings is 2. The van der Waals surface area contributed by atoms with Crippen LogP contribution in [-0.2, 0) is 11.3 Å². The summed E-state index contributed by atoms with van der Waals surface area (Å²) in [6.07, 6.45) is 0. The molecule has 0 spiro atoms. The highest BCUT2D eigenvalue weighted by Gasteiger charge is 2.08. The summed E-state index contributed by atoms with van der Waals surface area (Å²) in [5.41, 5.74) is 2.21. The van der Waals surface area contributed by atoms with E-state index >= 15 is 0 Å². The fourth-order valence-electron chi connectivity index (χ4n) is 2.03. The normalized spacial score (nSPS) is 10.5. The fourth-order valence-corrected chi connectivity index (χ4v) is 2.19. The van der Waals surface area contributed by atoms with Gasteiger partial charge in [0.15, 0.2) is 0 Å². The van der Waals surface area contributed by atoms with Crippen LogP contribution in [0.25, 0.3) is 10.9 Å². The first-order valence-electron chi connectivity index (χ1n) is 6.50. The predicted octanol–water partition coefficient (Wildman–Crippen LogP) is 4.25. The van der Waals surface area contributed by atoms with Crippen LogP contribution in [0.5, 0.6) is 0 Å². The lowest BCUT2D eigenvalue weighted by Crippen LogP contribution is -2.05. The lowest BCUT2D eigenvalue weighted by molar-refractivity contribution is 0.0473. The Morgan fingerprint density at radius 3 is 2.67 bits per heavy atom. The van der Waals surface area contributed by atoms with Crippen molar-refractivity contribution in [2.75, 3.05) is 0 Å². The van der Waals surface area contributed by atoms with E-state index in [-0.39, 0.29) is 12.6 Å². The van der Waals surface area contributed by atoms with Crippen molar-refractivity contribution in [3.63, 3.8) is 0 Å². The van der Waals surface area contributed by atoms with Crippen LogP contribution < -0.4 is 0 Å². The van der Waals surface area contributed by atoms with Crippen molar-refractivity contribution in [2.45, 2.75) is 6.61 Å². The summed E-state index contributed by atoms with van der Waals surface area (Å²) in [7, 11) is 0. The maximum Gasteiger partial charge on any atom is 0.338 e. The molecule has 0 saturated heterocycles. The molecule has 0 bridgehead atoms. The van der Waals surface area contributed by atoms with Crippen LogP contribution in [0, 0.1) is 0 Å². The second kappa shape index (κ2) is 5.94. The van der Waals surface area contributed by atoms with Gasteiger partial charge < -0.3 is 4.74 Å². The number of aromatic nitrogens is 1. The van der Waals surface area contributed by atoms with Gasteiger partial charge in [-0.25, -0.2) is 9.78 Å². The first-order chi connectivity index (χ1) is 10.2. The van der Waals surface area contributed by atoms with E-state index in [1.54, 1.807) is 24.3 Å². The lowest BCUT2D eigenvalue weighted by Gasteiger charge is -2.06. The summed E-state index contributed by atoms with van der Waals surface area (Å²) < 4.78 is 5.30. The van der Waals surface area contributed by atoms with Gasteiger partial charge in [-0.15, -0.1) is 0 Å². The van der Waals surface area contributed by atoms with Gasteiger partial charge in [0.1, 0.15) is 11.8 Å². The first-order valence-corrected chi connectivity index (χ1v) is 6.87. The molecule has 2 aromatic carbocycles. The molecule has 0 aliphatic rings. The lowest BCUT2D eigenvalue weighted by atomic mass is 10.1. The Labute approximate surface area is 127 Å². The summed E-state index contributed by atoms with van der Waals surface area (Å²) >= 11 is 5.84. The number of halogens is 1. The molecule has 1 heterocycles. The maximum atomic E-state index is 12.1. The Bertz CT molecular complexity index is 787. The largest absolute Gasteiger partial charge is 0.457 e. The van der Waals surface area contributed by atoms with E-state index in [2.05, 4.69) is 4.98 Å². The summed E-state index contributed by atoms with van der Waals surface area (Å²) in [6.45, 7) is 0.260. The van der Waals surface area contributed by atoms with Crippen LogP contribution in [0.15, 0.2) is 60.7 Å². The number of rotatable bonds is 3. The summed E-state index contributed by atoms with van der Waals surface area (Å²) in [5, 5.41) is 1.29. The summed E-state index contributed by atoms with van der Waals surface area (Å²) in [5.74, 6) is -0.351. The Hall–Kier alpha value is -2.39. The van der Waals surface area contributed by atoms with Crippen molar-refractivity contribution < 1.29 is 9.53 Å². The Morgan fingerprint density at radius 1 is 1.05 bits per heavy atom. The van der Waals surface area contributed by atoms with Gasteiger partial charge in [0.05, 0.1) is 11.1 Å². The van der Waals surface area contributed by atoms with Gasteiger partial charge in [0.2, 0.25) is 0 Å². The molecule has 0 aliphatic heterocycles. The molecule has 0 fully saturated rings. The number of nitrogens with zero attached hydrogens (tertiary/aromatic N) is 1. The minimum absolute atomic E-state index is 0.260. The molecule has 0 amide bonds. The minimum atomic E-state index is -0.351. The number of ether oxygens (including phenoxy) is 1. The molecule has 0 atom stereocenters.